The first-order valence-corrected chi connectivity index (χ1v) is 5.57. The molecule has 3 nitrogen and oxygen atoms in total. The normalized spacial score (nSPS) is 9.75. The molecule has 1 aromatic rings. The Bertz CT molecular complexity index is 344. The van der Waals surface area contributed by atoms with Crippen molar-refractivity contribution in [3.63, 3.8) is 0 Å². The summed E-state index contributed by atoms with van der Waals surface area (Å²) in [6.45, 7) is 4.25. The fourth-order valence-corrected chi connectivity index (χ4v) is 1.25. The molecule has 0 N–H and O–H groups in total. The topological polar surface area (TPSA) is 42.2 Å². The summed E-state index contributed by atoms with van der Waals surface area (Å²) >= 11 is 0. The lowest BCUT2D eigenvalue weighted by Crippen LogP contribution is -2.03. The molecule has 0 fully saturated rings. The highest BCUT2D eigenvalue weighted by Crippen LogP contribution is 2.12. The van der Waals surface area contributed by atoms with E-state index in [1.54, 1.807) is 12.1 Å². The van der Waals surface area contributed by atoms with Gasteiger partial charge in [-0.15, -0.1) is 0 Å². The van der Waals surface area contributed by atoms with E-state index in [0.717, 1.165) is 31.8 Å². The van der Waals surface area contributed by atoms with E-state index in [2.05, 4.69) is 13.0 Å². The fraction of sp³-hybridized carbons (Fsp3) is 0.462. The summed E-state index contributed by atoms with van der Waals surface area (Å²) in [6.07, 6.45) is 1.92. The molecule has 0 radical (unpaired) electrons. The molecule has 0 spiro atoms. The highest BCUT2D eigenvalue weighted by molar-refractivity contribution is 5.36. The number of ether oxygens (including phenoxy) is 2. The molecule has 3 heteroatoms. The van der Waals surface area contributed by atoms with Crippen molar-refractivity contribution >= 4 is 0 Å². The summed E-state index contributed by atoms with van der Waals surface area (Å²) in [4.78, 5) is 0. The first-order chi connectivity index (χ1) is 7.86. The lowest BCUT2D eigenvalue weighted by atomic mass is 10.2. The standard InChI is InChI=1S/C13H17NO2/c1-2-7-15-8-4-9-16-13-6-3-5-12(10-13)11-14/h3,5-6,10H,2,4,7-9H2,1H3. The maximum absolute atomic E-state index is 8.71. The lowest BCUT2D eigenvalue weighted by molar-refractivity contribution is 0.120. The van der Waals surface area contributed by atoms with Crippen LogP contribution in [0.25, 0.3) is 0 Å². The molecular formula is C13H17NO2. The Hall–Kier alpha value is -1.53. The van der Waals surface area contributed by atoms with E-state index in [4.69, 9.17) is 14.7 Å². The van der Waals surface area contributed by atoms with Gasteiger partial charge >= 0.3 is 0 Å². The van der Waals surface area contributed by atoms with Gasteiger partial charge in [0.1, 0.15) is 5.75 Å². The second-order valence-electron chi connectivity index (χ2n) is 3.45. The van der Waals surface area contributed by atoms with Crippen LogP contribution in [0.5, 0.6) is 5.75 Å². The molecule has 86 valence electrons. The second-order valence-corrected chi connectivity index (χ2v) is 3.45. The Balaban J connectivity index is 2.19. The summed E-state index contributed by atoms with van der Waals surface area (Å²) in [7, 11) is 0. The minimum absolute atomic E-state index is 0.624. The third kappa shape index (κ3) is 4.81. The SMILES string of the molecule is CCCOCCCOc1cccc(C#N)c1. The highest BCUT2D eigenvalue weighted by atomic mass is 16.5. The van der Waals surface area contributed by atoms with Crippen molar-refractivity contribution < 1.29 is 9.47 Å². The smallest absolute Gasteiger partial charge is 0.120 e. The van der Waals surface area contributed by atoms with E-state index in [1.165, 1.54) is 0 Å². The average molecular weight is 219 g/mol. The van der Waals surface area contributed by atoms with Crippen molar-refractivity contribution in [2.45, 2.75) is 19.8 Å². The number of benzene rings is 1. The minimum Gasteiger partial charge on any atom is -0.493 e. The summed E-state index contributed by atoms with van der Waals surface area (Å²) in [5.74, 6) is 0.745. The molecule has 0 saturated carbocycles. The number of nitriles is 1. The Morgan fingerprint density at radius 3 is 2.88 bits per heavy atom. The monoisotopic (exact) mass is 219 g/mol. The number of hydrogen-bond donors (Lipinski definition) is 0. The molecule has 1 aromatic carbocycles. The van der Waals surface area contributed by atoms with Gasteiger partial charge in [0, 0.05) is 19.6 Å². The molecule has 0 saturated heterocycles. The first kappa shape index (κ1) is 12.5. The molecule has 0 bridgehead atoms. The Kier molecular flexibility index (Phi) is 6.05. The summed E-state index contributed by atoms with van der Waals surface area (Å²) in [5.41, 5.74) is 0.625. The zero-order chi connectivity index (χ0) is 11.6. The van der Waals surface area contributed by atoms with Gasteiger partial charge in [0.15, 0.2) is 0 Å². The van der Waals surface area contributed by atoms with Gasteiger partial charge in [-0.3, -0.25) is 0 Å². The lowest BCUT2D eigenvalue weighted by Gasteiger charge is -2.06. The van der Waals surface area contributed by atoms with Crippen molar-refractivity contribution in [1.29, 1.82) is 5.26 Å². The molecule has 1 rings (SSSR count). The first-order valence-electron chi connectivity index (χ1n) is 5.57. The highest BCUT2D eigenvalue weighted by Gasteiger charge is 1.95. The zero-order valence-electron chi connectivity index (χ0n) is 9.61. The van der Waals surface area contributed by atoms with Crippen LogP contribution in [0.4, 0.5) is 0 Å². The molecule has 0 unspecified atom stereocenters. The van der Waals surface area contributed by atoms with Crippen LogP contribution in [-0.4, -0.2) is 19.8 Å². The van der Waals surface area contributed by atoms with Crippen molar-refractivity contribution in [2.24, 2.45) is 0 Å². The van der Waals surface area contributed by atoms with Crippen molar-refractivity contribution in [3.8, 4) is 11.8 Å². The summed E-state index contributed by atoms with van der Waals surface area (Å²) < 4.78 is 10.8. The van der Waals surface area contributed by atoms with Crippen LogP contribution in [-0.2, 0) is 4.74 Å². The van der Waals surface area contributed by atoms with E-state index >= 15 is 0 Å². The third-order valence-corrected chi connectivity index (χ3v) is 2.01. The quantitative estimate of drug-likeness (QED) is 0.662. The maximum Gasteiger partial charge on any atom is 0.120 e. The van der Waals surface area contributed by atoms with Crippen LogP contribution in [0.2, 0.25) is 0 Å². The van der Waals surface area contributed by atoms with Crippen LogP contribution in [0.1, 0.15) is 25.3 Å². The van der Waals surface area contributed by atoms with Crippen LogP contribution in [0.3, 0.4) is 0 Å². The predicted molar refractivity (Wildman–Crippen MR) is 62.4 cm³/mol. The third-order valence-electron chi connectivity index (χ3n) is 2.01. The number of hydrogen-bond acceptors (Lipinski definition) is 3. The molecule has 0 aliphatic heterocycles. The number of nitrogens with zero attached hydrogens (tertiary/aromatic N) is 1. The van der Waals surface area contributed by atoms with Gasteiger partial charge in [-0.1, -0.05) is 13.0 Å². The number of rotatable bonds is 7. The van der Waals surface area contributed by atoms with Crippen molar-refractivity contribution in [2.75, 3.05) is 19.8 Å². The van der Waals surface area contributed by atoms with Gasteiger partial charge in [0.25, 0.3) is 0 Å². The van der Waals surface area contributed by atoms with Crippen LogP contribution < -0.4 is 4.74 Å². The Labute approximate surface area is 96.6 Å². The van der Waals surface area contributed by atoms with Crippen LogP contribution >= 0.6 is 0 Å². The van der Waals surface area contributed by atoms with Gasteiger partial charge in [0.05, 0.1) is 18.2 Å². The molecule has 0 amide bonds. The zero-order valence-corrected chi connectivity index (χ0v) is 9.61. The van der Waals surface area contributed by atoms with E-state index in [9.17, 15) is 0 Å². The Morgan fingerprint density at radius 1 is 1.25 bits per heavy atom. The van der Waals surface area contributed by atoms with Crippen LogP contribution in [0.15, 0.2) is 24.3 Å². The molecule has 0 aliphatic carbocycles. The molecule has 0 heterocycles. The summed E-state index contributed by atoms with van der Waals surface area (Å²) in [6, 6.07) is 9.26. The van der Waals surface area contributed by atoms with Gasteiger partial charge in [-0.25, -0.2) is 0 Å². The van der Waals surface area contributed by atoms with Crippen molar-refractivity contribution in [3.05, 3.63) is 29.8 Å². The van der Waals surface area contributed by atoms with Crippen molar-refractivity contribution in [1.82, 2.24) is 0 Å². The fourth-order valence-electron chi connectivity index (χ4n) is 1.25. The van der Waals surface area contributed by atoms with Gasteiger partial charge in [0.2, 0.25) is 0 Å². The largest absolute Gasteiger partial charge is 0.493 e. The second kappa shape index (κ2) is 7.72. The minimum atomic E-state index is 0.624. The molecule has 0 atom stereocenters. The van der Waals surface area contributed by atoms with E-state index in [1.807, 2.05) is 12.1 Å². The van der Waals surface area contributed by atoms with E-state index in [-0.39, 0.29) is 0 Å². The van der Waals surface area contributed by atoms with Crippen LogP contribution in [0, 0.1) is 11.3 Å². The Morgan fingerprint density at radius 2 is 2.12 bits per heavy atom. The maximum atomic E-state index is 8.71. The molecular weight excluding hydrogens is 202 g/mol. The average Bonchev–Trinajstić information content (AvgIpc) is 2.34. The van der Waals surface area contributed by atoms with Gasteiger partial charge in [-0.2, -0.15) is 5.26 Å². The van der Waals surface area contributed by atoms with Gasteiger partial charge < -0.3 is 9.47 Å². The van der Waals surface area contributed by atoms with Gasteiger partial charge in [-0.05, 0) is 24.6 Å². The molecule has 16 heavy (non-hydrogen) atoms. The predicted octanol–water partition coefficient (Wildman–Crippen LogP) is 2.75. The van der Waals surface area contributed by atoms with E-state index < -0.39 is 0 Å². The summed E-state index contributed by atoms with van der Waals surface area (Å²) in [5, 5.41) is 8.71. The molecule has 0 aromatic heterocycles. The molecule has 0 aliphatic rings. The van der Waals surface area contributed by atoms with E-state index in [0.29, 0.717) is 12.2 Å².